The van der Waals surface area contributed by atoms with Crippen LogP contribution in [0.3, 0.4) is 0 Å². The first-order valence-electron chi connectivity index (χ1n) is 10.1. The highest BCUT2D eigenvalue weighted by Gasteiger charge is 2.22. The fourth-order valence-electron chi connectivity index (χ4n) is 3.78. The molecular formula is C23H29FN2O3. The molecule has 29 heavy (non-hydrogen) atoms. The summed E-state index contributed by atoms with van der Waals surface area (Å²) in [6, 6.07) is 12.6. The molecule has 0 spiro atoms. The second-order valence-corrected chi connectivity index (χ2v) is 7.29. The lowest BCUT2D eigenvalue weighted by molar-refractivity contribution is 0.0983. The molecule has 0 saturated carbocycles. The largest absolute Gasteiger partial charge is 0.497 e. The number of carbonyl (C=O) groups excluding carboxylic acids is 1. The summed E-state index contributed by atoms with van der Waals surface area (Å²) in [6.45, 7) is 2.91. The van der Waals surface area contributed by atoms with Crippen LogP contribution in [0.15, 0.2) is 42.5 Å². The Labute approximate surface area is 171 Å². The Hall–Kier alpha value is -2.44. The van der Waals surface area contributed by atoms with Gasteiger partial charge in [0.1, 0.15) is 5.75 Å². The molecule has 0 radical (unpaired) electrons. The number of ketones is 1. The number of methoxy groups -OCH3 is 2. The van der Waals surface area contributed by atoms with Gasteiger partial charge in [-0.3, -0.25) is 9.69 Å². The van der Waals surface area contributed by atoms with Crippen molar-refractivity contribution in [2.24, 2.45) is 0 Å². The molecule has 5 nitrogen and oxygen atoms in total. The molecule has 6 heteroatoms. The summed E-state index contributed by atoms with van der Waals surface area (Å²) in [5.41, 5.74) is 1.54. The van der Waals surface area contributed by atoms with Crippen molar-refractivity contribution < 1.29 is 18.7 Å². The van der Waals surface area contributed by atoms with Gasteiger partial charge in [-0.1, -0.05) is 18.6 Å². The van der Waals surface area contributed by atoms with E-state index in [1.165, 1.54) is 44.1 Å². The number of piperidine rings is 1. The fraction of sp³-hybridized carbons (Fsp3) is 0.435. The maximum Gasteiger partial charge on any atom is 0.176 e. The predicted octanol–water partition coefficient (Wildman–Crippen LogP) is 3.84. The molecule has 0 bridgehead atoms. The summed E-state index contributed by atoms with van der Waals surface area (Å²) in [5.74, 6) is 0.302. The van der Waals surface area contributed by atoms with E-state index in [4.69, 9.17) is 9.47 Å². The van der Waals surface area contributed by atoms with Crippen LogP contribution in [0, 0.1) is 5.82 Å². The zero-order valence-corrected chi connectivity index (χ0v) is 17.1. The number of nitrogens with zero attached hydrogens (tertiary/aromatic N) is 1. The van der Waals surface area contributed by atoms with Gasteiger partial charge in [0, 0.05) is 18.2 Å². The lowest BCUT2D eigenvalue weighted by Gasteiger charge is -2.35. The molecule has 2 aromatic rings. The molecule has 1 N–H and O–H groups in total. The minimum atomic E-state index is -0.525. The first-order chi connectivity index (χ1) is 14.1. The van der Waals surface area contributed by atoms with Crippen molar-refractivity contribution in [1.82, 2.24) is 10.2 Å². The third-order valence-electron chi connectivity index (χ3n) is 5.43. The SMILES string of the molecule is COc1ccc(C(CNCC(=O)c2ccc(OC)c(F)c2)N2CCCCC2)cc1. The molecule has 0 aromatic heterocycles. The summed E-state index contributed by atoms with van der Waals surface area (Å²) in [5, 5.41) is 3.28. The molecule has 1 heterocycles. The van der Waals surface area contributed by atoms with Crippen molar-refractivity contribution in [3.05, 3.63) is 59.4 Å². The summed E-state index contributed by atoms with van der Waals surface area (Å²) >= 11 is 0. The van der Waals surface area contributed by atoms with Crippen LogP contribution in [0.5, 0.6) is 11.5 Å². The van der Waals surface area contributed by atoms with Gasteiger partial charge in [-0.05, 0) is 61.8 Å². The number of ether oxygens (including phenoxy) is 2. The Morgan fingerprint density at radius 2 is 1.79 bits per heavy atom. The molecule has 1 aliphatic heterocycles. The Balaban J connectivity index is 1.64. The maximum absolute atomic E-state index is 13.9. The minimum absolute atomic E-state index is 0.138. The van der Waals surface area contributed by atoms with Gasteiger partial charge in [-0.25, -0.2) is 4.39 Å². The van der Waals surface area contributed by atoms with E-state index < -0.39 is 5.82 Å². The van der Waals surface area contributed by atoms with Crippen LogP contribution in [0.25, 0.3) is 0 Å². The molecule has 1 atom stereocenters. The van der Waals surface area contributed by atoms with E-state index in [0.717, 1.165) is 18.8 Å². The van der Waals surface area contributed by atoms with E-state index in [2.05, 4.69) is 22.3 Å². The van der Waals surface area contributed by atoms with Gasteiger partial charge in [-0.2, -0.15) is 0 Å². The van der Waals surface area contributed by atoms with Crippen LogP contribution in [-0.4, -0.2) is 51.1 Å². The number of nitrogens with one attached hydrogen (secondary N) is 1. The Bertz CT molecular complexity index is 804. The second-order valence-electron chi connectivity index (χ2n) is 7.29. The van der Waals surface area contributed by atoms with Crippen molar-refractivity contribution in [1.29, 1.82) is 0 Å². The van der Waals surface area contributed by atoms with Crippen LogP contribution < -0.4 is 14.8 Å². The minimum Gasteiger partial charge on any atom is -0.497 e. The molecule has 1 unspecified atom stereocenters. The normalized spacial score (nSPS) is 15.7. The first kappa shape index (κ1) is 21.3. The Morgan fingerprint density at radius 3 is 2.41 bits per heavy atom. The van der Waals surface area contributed by atoms with Crippen molar-refractivity contribution in [2.75, 3.05) is 40.4 Å². The summed E-state index contributed by atoms with van der Waals surface area (Å²) in [7, 11) is 3.06. The van der Waals surface area contributed by atoms with E-state index in [9.17, 15) is 9.18 Å². The van der Waals surface area contributed by atoms with Gasteiger partial charge in [0.05, 0.1) is 20.8 Å². The number of hydrogen-bond donors (Lipinski definition) is 1. The highest BCUT2D eigenvalue weighted by molar-refractivity contribution is 5.97. The van der Waals surface area contributed by atoms with Crippen molar-refractivity contribution in [3.8, 4) is 11.5 Å². The molecule has 156 valence electrons. The molecular weight excluding hydrogens is 371 g/mol. The highest BCUT2D eigenvalue weighted by Crippen LogP contribution is 2.26. The average molecular weight is 400 g/mol. The second kappa shape index (κ2) is 10.4. The lowest BCUT2D eigenvalue weighted by Crippen LogP contribution is -2.40. The van der Waals surface area contributed by atoms with Crippen LogP contribution in [0.2, 0.25) is 0 Å². The van der Waals surface area contributed by atoms with E-state index >= 15 is 0 Å². The van der Waals surface area contributed by atoms with Gasteiger partial charge in [0.25, 0.3) is 0 Å². The zero-order chi connectivity index (χ0) is 20.6. The van der Waals surface area contributed by atoms with Gasteiger partial charge in [-0.15, -0.1) is 0 Å². The average Bonchev–Trinajstić information content (AvgIpc) is 2.77. The predicted molar refractivity (Wildman–Crippen MR) is 111 cm³/mol. The number of Topliss-reactive ketones (excluding diaryl/α,β-unsaturated/α-hetero) is 1. The standard InChI is InChI=1S/C23H29FN2O3/c1-28-19-9-6-17(7-10-19)21(26-12-4-3-5-13-26)15-25-16-22(27)18-8-11-23(29-2)20(24)14-18/h6-11,14,21,25H,3-5,12-13,15-16H2,1-2H3. The Morgan fingerprint density at radius 1 is 1.07 bits per heavy atom. The van der Waals surface area contributed by atoms with Gasteiger partial charge >= 0.3 is 0 Å². The Kier molecular flexibility index (Phi) is 7.61. The van der Waals surface area contributed by atoms with Gasteiger partial charge in [0.15, 0.2) is 17.3 Å². The van der Waals surface area contributed by atoms with E-state index in [1.54, 1.807) is 13.2 Å². The summed E-state index contributed by atoms with van der Waals surface area (Å²) < 4.78 is 24.0. The van der Waals surface area contributed by atoms with Crippen molar-refractivity contribution in [2.45, 2.75) is 25.3 Å². The van der Waals surface area contributed by atoms with E-state index in [1.807, 2.05) is 12.1 Å². The molecule has 3 rings (SSSR count). The summed E-state index contributed by atoms with van der Waals surface area (Å²) in [6.07, 6.45) is 3.65. The number of benzene rings is 2. The number of halogens is 1. The highest BCUT2D eigenvalue weighted by atomic mass is 19.1. The van der Waals surface area contributed by atoms with Crippen molar-refractivity contribution in [3.63, 3.8) is 0 Å². The number of likely N-dealkylation sites (tertiary alicyclic amines) is 1. The number of rotatable bonds is 9. The third-order valence-corrected chi connectivity index (χ3v) is 5.43. The molecule has 1 fully saturated rings. The number of carbonyl (C=O) groups is 1. The molecule has 1 aliphatic rings. The molecule has 0 amide bonds. The molecule has 2 aromatic carbocycles. The number of hydrogen-bond acceptors (Lipinski definition) is 5. The van der Waals surface area contributed by atoms with E-state index in [-0.39, 0.29) is 24.1 Å². The monoisotopic (exact) mass is 400 g/mol. The van der Waals surface area contributed by atoms with Crippen LogP contribution in [0.4, 0.5) is 4.39 Å². The maximum atomic E-state index is 13.9. The van der Waals surface area contributed by atoms with E-state index in [0.29, 0.717) is 12.1 Å². The van der Waals surface area contributed by atoms with Crippen LogP contribution in [0.1, 0.15) is 41.2 Å². The lowest BCUT2D eigenvalue weighted by atomic mass is 10.0. The first-order valence-corrected chi connectivity index (χ1v) is 10.1. The topological polar surface area (TPSA) is 50.8 Å². The van der Waals surface area contributed by atoms with Gasteiger partial charge in [0.2, 0.25) is 0 Å². The third kappa shape index (κ3) is 5.55. The molecule has 0 aliphatic carbocycles. The summed E-state index contributed by atoms with van der Waals surface area (Å²) in [4.78, 5) is 14.9. The quantitative estimate of drug-likeness (QED) is 0.648. The smallest absolute Gasteiger partial charge is 0.176 e. The van der Waals surface area contributed by atoms with Crippen LogP contribution in [-0.2, 0) is 0 Å². The van der Waals surface area contributed by atoms with Crippen LogP contribution >= 0.6 is 0 Å². The molecule has 1 saturated heterocycles. The van der Waals surface area contributed by atoms with Gasteiger partial charge < -0.3 is 14.8 Å². The van der Waals surface area contributed by atoms with Crippen molar-refractivity contribution >= 4 is 5.78 Å². The zero-order valence-electron chi connectivity index (χ0n) is 17.1. The fourth-order valence-corrected chi connectivity index (χ4v) is 3.78.